The summed E-state index contributed by atoms with van der Waals surface area (Å²) in [5.74, 6) is 2.84. The number of carboxylic acids is 1. The lowest BCUT2D eigenvalue weighted by atomic mass is 9.48. The van der Waals surface area contributed by atoms with Gasteiger partial charge < -0.3 is 9.84 Å². The Hall–Kier alpha value is -2.81. The highest BCUT2D eigenvalue weighted by Gasteiger charge is 2.52. The summed E-state index contributed by atoms with van der Waals surface area (Å²) in [6.45, 7) is 4.07. The molecule has 4 aliphatic rings. The number of ether oxygens (including phenoxy) is 1. The zero-order valence-electron chi connectivity index (χ0n) is 19.8. The number of benzene rings is 3. The maximum absolute atomic E-state index is 11.6. The first-order valence-electron chi connectivity index (χ1n) is 12.3. The summed E-state index contributed by atoms with van der Waals surface area (Å²) in [6, 6.07) is 14.7. The molecule has 7 rings (SSSR count). The maximum atomic E-state index is 11.6. The van der Waals surface area contributed by atoms with Crippen molar-refractivity contribution in [2.75, 3.05) is 7.11 Å². The lowest BCUT2D eigenvalue weighted by Crippen LogP contribution is -2.48. The van der Waals surface area contributed by atoms with Crippen molar-refractivity contribution in [2.24, 2.45) is 17.8 Å². The molecule has 0 atom stereocenters. The van der Waals surface area contributed by atoms with Crippen LogP contribution in [0, 0.1) is 31.6 Å². The van der Waals surface area contributed by atoms with E-state index >= 15 is 0 Å². The molecule has 0 aliphatic heterocycles. The summed E-state index contributed by atoms with van der Waals surface area (Å²) in [6.07, 6.45) is 8.24. The van der Waals surface area contributed by atoms with Gasteiger partial charge in [0.15, 0.2) is 0 Å². The number of hydrogen-bond acceptors (Lipinski definition) is 2. The van der Waals surface area contributed by atoms with Crippen LogP contribution in [0.15, 0.2) is 42.5 Å². The van der Waals surface area contributed by atoms with E-state index in [1.165, 1.54) is 60.8 Å². The molecule has 0 heterocycles. The molecule has 0 unspecified atom stereocenters. The fourth-order valence-electron chi connectivity index (χ4n) is 7.98. The summed E-state index contributed by atoms with van der Waals surface area (Å²) >= 11 is 0. The summed E-state index contributed by atoms with van der Waals surface area (Å²) in [5.41, 5.74) is 6.56. The lowest BCUT2D eigenvalue weighted by molar-refractivity contribution is -0.00613. The molecule has 33 heavy (non-hydrogen) atoms. The number of hydrogen-bond donors (Lipinski definition) is 1. The van der Waals surface area contributed by atoms with E-state index in [4.69, 9.17) is 4.74 Å². The third kappa shape index (κ3) is 3.12. The van der Waals surface area contributed by atoms with E-state index in [9.17, 15) is 9.90 Å². The Morgan fingerprint density at radius 2 is 1.48 bits per heavy atom. The zero-order chi connectivity index (χ0) is 22.9. The fourth-order valence-corrected chi connectivity index (χ4v) is 7.98. The van der Waals surface area contributed by atoms with Gasteiger partial charge in [0.25, 0.3) is 0 Å². The van der Waals surface area contributed by atoms with Crippen LogP contribution < -0.4 is 4.74 Å². The highest BCUT2D eigenvalue weighted by Crippen LogP contribution is 2.62. The second kappa shape index (κ2) is 7.35. The number of rotatable bonds is 4. The molecule has 3 heteroatoms. The van der Waals surface area contributed by atoms with Crippen LogP contribution in [0.2, 0.25) is 0 Å². The molecule has 4 fully saturated rings. The predicted molar refractivity (Wildman–Crippen MR) is 132 cm³/mol. The Labute approximate surface area is 195 Å². The van der Waals surface area contributed by atoms with Crippen molar-refractivity contribution >= 4 is 16.7 Å². The van der Waals surface area contributed by atoms with E-state index < -0.39 is 5.97 Å². The molecule has 0 spiro atoms. The molecule has 0 amide bonds. The summed E-state index contributed by atoms with van der Waals surface area (Å²) in [7, 11) is 1.81. The third-order valence-corrected chi connectivity index (χ3v) is 9.09. The van der Waals surface area contributed by atoms with Gasteiger partial charge in [0, 0.05) is 5.56 Å². The average Bonchev–Trinajstić information content (AvgIpc) is 2.78. The van der Waals surface area contributed by atoms with E-state index in [1.807, 2.05) is 20.1 Å². The minimum atomic E-state index is -0.869. The van der Waals surface area contributed by atoms with Crippen molar-refractivity contribution in [3.63, 3.8) is 0 Å². The second-order valence-corrected chi connectivity index (χ2v) is 11.0. The van der Waals surface area contributed by atoms with Gasteiger partial charge in [0.1, 0.15) is 5.75 Å². The number of aryl methyl sites for hydroxylation is 2. The molecular weight excluding hydrogens is 408 g/mol. The van der Waals surface area contributed by atoms with Crippen LogP contribution in [0.1, 0.15) is 65.6 Å². The Morgan fingerprint density at radius 1 is 0.879 bits per heavy atom. The lowest BCUT2D eigenvalue weighted by Gasteiger charge is -2.57. The van der Waals surface area contributed by atoms with Crippen molar-refractivity contribution in [2.45, 2.75) is 57.8 Å². The largest absolute Gasteiger partial charge is 0.496 e. The number of fused-ring (bicyclic) bond motifs is 1. The van der Waals surface area contributed by atoms with Crippen molar-refractivity contribution in [1.82, 2.24) is 0 Å². The summed E-state index contributed by atoms with van der Waals surface area (Å²) in [4.78, 5) is 11.6. The third-order valence-electron chi connectivity index (χ3n) is 9.09. The van der Waals surface area contributed by atoms with Gasteiger partial charge in [-0.3, -0.25) is 0 Å². The standard InChI is InChI=1S/C30H32O3/c1-17-23(5-6-25-18(2)26(29(31)32)8-7-24(17)25)22-4-9-28(33-3)27(13-22)30-14-19-10-20(15-30)12-21(11-19)16-30/h4-9,13,19-21H,10-12,14-16H2,1-3H3,(H,31,32). The number of methoxy groups -OCH3 is 1. The van der Waals surface area contributed by atoms with Crippen LogP contribution in [-0.4, -0.2) is 18.2 Å². The van der Waals surface area contributed by atoms with Crippen LogP contribution in [0.5, 0.6) is 5.75 Å². The second-order valence-electron chi connectivity index (χ2n) is 11.0. The molecule has 3 aromatic rings. The van der Waals surface area contributed by atoms with Crippen molar-refractivity contribution in [1.29, 1.82) is 0 Å². The first-order valence-corrected chi connectivity index (χ1v) is 12.3. The molecule has 0 saturated heterocycles. The molecule has 4 bridgehead atoms. The summed E-state index contributed by atoms with van der Waals surface area (Å²) < 4.78 is 5.92. The molecule has 4 saturated carbocycles. The molecule has 4 aliphatic carbocycles. The first-order chi connectivity index (χ1) is 15.9. The molecule has 0 radical (unpaired) electrons. The summed E-state index contributed by atoms with van der Waals surface area (Å²) in [5, 5.41) is 11.7. The van der Waals surface area contributed by atoms with E-state index in [2.05, 4.69) is 37.3 Å². The van der Waals surface area contributed by atoms with Gasteiger partial charge >= 0.3 is 5.97 Å². The van der Waals surface area contributed by atoms with Crippen molar-refractivity contribution < 1.29 is 14.6 Å². The Morgan fingerprint density at radius 3 is 2.09 bits per heavy atom. The Bertz CT molecular complexity index is 1250. The minimum absolute atomic E-state index is 0.272. The van der Waals surface area contributed by atoms with Gasteiger partial charge in [-0.1, -0.05) is 24.3 Å². The zero-order valence-corrected chi connectivity index (χ0v) is 19.8. The van der Waals surface area contributed by atoms with Crippen molar-refractivity contribution in [3.8, 4) is 16.9 Å². The Balaban J connectivity index is 1.48. The first kappa shape index (κ1) is 20.8. The van der Waals surface area contributed by atoms with Crippen LogP contribution >= 0.6 is 0 Å². The van der Waals surface area contributed by atoms with Gasteiger partial charge in [-0.05, 0) is 127 Å². The fraction of sp³-hybridized carbons (Fsp3) is 0.433. The Kier molecular flexibility index (Phi) is 4.62. The van der Waals surface area contributed by atoms with Gasteiger partial charge in [0.2, 0.25) is 0 Å². The molecule has 1 N–H and O–H groups in total. The van der Waals surface area contributed by atoms with E-state index in [0.717, 1.165) is 39.8 Å². The molecular formula is C30H32O3. The highest BCUT2D eigenvalue weighted by atomic mass is 16.5. The van der Waals surface area contributed by atoms with E-state index in [1.54, 1.807) is 6.07 Å². The van der Waals surface area contributed by atoms with Crippen molar-refractivity contribution in [3.05, 3.63) is 64.7 Å². The number of aromatic carboxylic acids is 1. The maximum Gasteiger partial charge on any atom is 0.335 e. The highest BCUT2D eigenvalue weighted by molar-refractivity contribution is 6.00. The quantitative estimate of drug-likeness (QED) is 0.463. The van der Waals surface area contributed by atoms with E-state index in [0.29, 0.717) is 5.56 Å². The number of carbonyl (C=O) groups is 1. The molecule has 0 aromatic heterocycles. The van der Waals surface area contributed by atoms with Crippen LogP contribution in [0.25, 0.3) is 21.9 Å². The van der Waals surface area contributed by atoms with Gasteiger partial charge in [-0.15, -0.1) is 0 Å². The van der Waals surface area contributed by atoms with E-state index in [-0.39, 0.29) is 5.41 Å². The van der Waals surface area contributed by atoms with Gasteiger partial charge in [-0.25, -0.2) is 4.79 Å². The SMILES string of the molecule is COc1ccc(-c2ccc3c(C)c(C(=O)O)ccc3c2C)cc1C12CC3CC(CC(C3)C1)C2. The normalized spacial score (nSPS) is 27.8. The van der Waals surface area contributed by atoms with Gasteiger partial charge in [0.05, 0.1) is 12.7 Å². The average molecular weight is 441 g/mol. The smallest absolute Gasteiger partial charge is 0.335 e. The minimum Gasteiger partial charge on any atom is -0.496 e. The molecule has 3 aromatic carbocycles. The van der Waals surface area contributed by atoms with Crippen LogP contribution in [0.4, 0.5) is 0 Å². The van der Waals surface area contributed by atoms with Gasteiger partial charge in [-0.2, -0.15) is 0 Å². The molecule has 3 nitrogen and oxygen atoms in total. The topological polar surface area (TPSA) is 46.5 Å². The van der Waals surface area contributed by atoms with Crippen LogP contribution in [-0.2, 0) is 5.41 Å². The number of carboxylic acid groups (broad SMARTS) is 1. The molecule has 170 valence electrons. The van der Waals surface area contributed by atoms with Crippen LogP contribution in [0.3, 0.4) is 0 Å². The monoisotopic (exact) mass is 440 g/mol. The predicted octanol–water partition coefficient (Wildman–Crippen LogP) is 7.30.